The third-order valence-corrected chi connectivity index (χ3v) is 5.37. The van der Waals surface area contributed by atoms with E-state index in [1.807, 2.05) is 6.08 Å². The van der Waals surface area contributed by atoms with E-state index in [4.69, 9.17) is 0 Å². The summed E-state index contributed by atoms with van der Waals surface area (Å²) in [7, 11) is 0. The second kappa shape index (κ2) is 7.46. The second-order valence-electron chi connectivity index (χ2n) is 6.49. The maximum Gasteiger partial charge on any atom is 0.0136 e. The van der Waals surface area contributed by atoms with Crippen molar-refractivity contribution in [1.29, 1.82) is 0 Å². The van der Waals surface area contributed by atoms with E-state index in [-0.39, 0.29) is 0 Å². The summed E-state index contributed by atoms with van der Waals surface area (Å²) in [6.07, 6.45) is 11.6. The Morgan fingerprint density at radius 3 is 2.62 bits per heavy atom. The number of hydrogen-bond donors (Lipinski definition) is 0. The average Bonchev–Trinajstić information content (AvgIpc) is 2.67. The quantitative estimate of drug-likeness (QED) is 0.295. The van der Waals surface area contributed by atoms with Crippen molar-refractivity contribution >= 4 is 45.0 Å². The molecule has 0 aliphatic heterocycles. The van der Waals surface area contributed by atoms with E-state index in [0.717, 1.165) is 6.42 Å². The molecule has 0 saturated carbocycles. The summed E-state index contributed by atoms with van der Waals surface area (Å²) in [6, 6.07) is 21.8. The first-order chi connectivity index (χ1) is 12.7. The van der Waals surface area contributed by atoms with Crippen LogP contribution in [0.4, 0.5) is 0 Å². The van der Waals surface area contributed by atoms with Crippen LogP contribution in [0.3, 0.4) is 0 Å². The number of hydrogen-bond acceptors (Lipinski definition) is 0. The fourth-order valence-electron chi connectivity index (χ4n) is 3.38. The van der Waals surface area contributed by atoms with Crippen molar-refractivity contribution in [3.63, 3.8) is 0 Å². The highest BCUT2D eigenvalue weighted by molar-refractivity contribution is 14.1. The zero-order valence-corrected chi connectivity index (χ0v) is 16.6. The Morgan fingerprint density at radius 2 is 1.73 bits per heavy atom. The minimum atomic E-state index is 0.965. The molecule has 0 radical (unpaired) electrons. The lowest BCUT2D eigenvalue weighted by Crippen LogP contribution is -1.97. The van der Waals surface area contributed by atoms with E-state index in [9.17, 15) is 0 Å². The van der Waals surface area contributed by atoms with E-state index >= 15 is 0 Å². The molecule has 0 heterocycles. The Bertz CT molecular complexity index is 1080. The van der Waals surface area contributed by atoms with Crippen LogP contribution in [0.5, 0.6) is 0 Å². The van der Waals surface area contributed by atoms with Crippen molar-refractivity contribution in [2.75, 3.05) is 0 Å². The molecule has 1 heteroatoms. The van der Waals surface area contributed by atoms with Crippen LogP contribution < -0.4 is 0 Å². The van der Waals surface area contributed by atoms with Gasteiger partial charge in [-0.2, -0.15) is 0 Å². The Morgan fingerprint density at radius 1 is 0.923 bits per heavy atom. The maximum absolute atomic E-state index is 3.90. The van der Waals surface area contributed by atoms with Gasteiger partial charge in [-0.1, -0.05) is 79.4 Å². The third-order valence-electron chi connectivity index (χ3n) is 4.70. The van der Waals surface area contributed by atoms with Crippen molar-refractivity contribution in [3.05, 3.63) is 117 Å². The second-order valence-corrected chi connectivity index (χ2v) is 7.74. The summed E-state index contributed by atoms with van der Waals surface area (Å²) >= 11 is 2.36. The van der Waals surface area contributed by atoms with Crippen LogP contribution in [0.2, 0.25) is 0 Å². The van der Waals surface area contributed by atoms with Gasteiger partial charge in [0.15, 0.2) is 0 Å². The SMILES string of the molecule is C=C/C=C(\C=C1\C=Cc2ccccc2C1)c1ccc2cc(I)ccc2c1. The molecule has 1 aliphatic carbocycles. The first-order valence-corrected chi connectivity index (χ1v) is 9.80. The van der Waals surface area contributed by atoms with Gasteiger partial charge in [0, 0.05) is 3.57 Å². The highest BCUT2D eigenvalue weighted by Gasteiger charge is 2.08. The highest BCUT2D eigenvalue weighted by atomic mass is 127. The Labute approximate surface area is 168 Å². The molecular formula is C25H19I. The zero-order valence-electron chi connectivity index (χ0n) is 14.5. The van der Waals surface area contributed by atoms with E-state index in [1.54, 1.807) is 0 Å². The Balaban J connectivity index is 1.72. The third kappa shape index (κ3) is 3.58. The minimum Gasteiger partial charge on any atom is -0.0990 e. The molecule has 0 aromatic heterocycles. The fourth-order valence-corrected chi connectivity index (χ4v) is 3.90. The van der Waals surface area contributed by atoms with Crippen LogP contribution in [-0.2, 0) is 6.42 Å². The molecule has 4 rings (SSSR count). The lowest BCUT2D eigenvalue weighted by molar-refractivity contribution is 1.17. The van der Waals surface area contributed by atoms with Gasteiger partial charge in [-0.15, -0.1) is 0 Å². The summed E-state index contributed by atoms with van der Waals surface area (Å²) in [4.78, 5) is 0. The van der Waals surface area contributed by atoms with E-state index in [0.29, 0.717) is 0 Å². The molecule has 0 saturated heterocycles. The van der Waals surface area contributed by atoms with Gasteiger partial charge in [0.05, 0.1) is 0 Å². The lowest BCUT2D eigenvalue weighted by atomic mass is 9.91. The smallest absolute Gasteiger partial charge is 0.0136 e. The molecule has 0 nitrogen and oxygen atoms in total. The van der Waals surface area contributed by atoms with Gasteiger partial charge in [0.25, 0.3) is 0 Å². The maximum atomic E-state index is 3.90. The number of fused-ring (bicyclic) bond motifs is 2. The first-order valence-electron chi connectivity index (χ1n) is 8.72. The van der Waals surface area contributed by atoms with Crippen LogP contribution in [0, 0.1) is 3.57 Å². The van der Waals surface area contributed by atoms with Gasteiger partial charge < -0.3 is 0 Å². The normalized spacial score (nSPS) is 15.3. The summed E-state index contributed by atoms with van der Waals surface area (Å²) in [5.41, 5.74) is 6.43. The lowest BCUT2D eigenvalue weighted by Gasteiger charge is -2.14. The summed E-state index contributed by atoms with van der Waals surface area (Å²) in [6.45, 7) is 3.90. The molecule has 1 aliphatic rings. The zero-order chi connectivity index (χ0) is 17.9. The van der Waals surface area contributed by atoms with Gasteiger partial charge in [-0.3, -0.25) is 0 Å². The van der Waals surface area contributed by atoms with Gasteiger partial charge in [-0.05, 0) is 85.8 Å². The largest absolute Gasteiger partial charge is 0.0990 e. The summed E-state index contributed by atoms with van der Waals surface area (Å²) in [5.74, 6) is 0. The fraction of sp³-hybridized carbons (Fsp3) is 0.0400. The van der Waals surface area contributed by atoms with Crippen molar-refractivity contribution in [2.45, 2.75) is 6.42 Å². The molecule has 26 heavy (non-hydrogen) atoms. The predicted octanol–water partition coefficient (Wildman–Crippen LogP) is 7.21. The molecular weight excluding hydrogens is 427 g/mol. The van der Waals surface area contributed by atoms with Crippen molar-refractivity contribution < 1.29 is 0 Å². The molecule has 3 aromatic carbocycles. The molecule has 0 fully saturated rings. The van der Waals surface area contributed by atoms with Gasteiger partial charge >= 0.3 is 0 Å². The molecule has 126 valence electrons. The summed E-state index contributed by atoms with van der Waals surface area (Å²) in [5, 5.41) is 2.54. The molecule has 0 atom stereocenters. The minimum absolute atomic E-state index is 0.965. The molecule has 0 amide bonds. The molecule has 3 aromatic rings. The van der Waals surface area contributed by atoms with Crippen LogP contribution in [0.25, 0.3) is 22.4 Å². The number of rotatable bonds is 3. The van der Waals surface area contributed by atoms with Gasteiger partial charge in [0.2, 0.25) is 0 Å². The van der Waals surface area contributed by atoms with Gasteiger partial charge in [-0.25, -0.2) is 0 Å². The van der Waals surface area contributed by atoms with E-state index < -0.39 is 0 Å². The molecule has 0 unspecified atom stereocenters. The Hall–Kier alpha value is -2.39. The van der Waals surface area contributed by atoms with Crippen LogP contribution in [-0.4, -0.2) is 0 Å². The topological polar surface area (TPSA) is 0 Å². The molecule has 0 N–H and O–H groups in total. The predicted molar refractivity (Wildman–Crippen MR) is 122 cm³/mol. The number of benzene rings is 3. The molecule has 0 spiro atoms. The standard InChI is InChI=1S/C25H19I/c1-2-5-20(14-18-8-9-19-6-3-4-7-21(19)15-18)22-10-11-24-17-25(26)13-12-23(24)16-22/h2-14,16-17H,1,15H2/b18-14-,20-5+. The molecule has 0 bridgehead atoms. The van der Waals surface area contributed by atoms with Gasteiger partial charge in [0.1, 0.15) is 0 Å². The van der Waals surface area contributed by atoms with Crippen molar-refractivity contribution in [3.8, 4) is 0 Å². The number of allylic oxidation sites excluding steroid dienone is 6. The van der Waals surface area contributed by atoms with Crippen molar-refractivity contribution in [2.24, 2.45) is 0 Å². The van der Waals surface area contributed by atoms with E-state index in [2.05, 4.69) is 114 Å². The van der Waals surface area contributed by atoms with Crippen LogP contribution in [0.15, 0.2) is 97.1 Å². The Kier molecular flexibility index (Phi) is 4.89. The highest BCUT2D eigenvalue weighted by Crippen LogP contribution is 2.28. The monoisotopic (exact) mass is 446 g/mol. The average molecular weight is 446 g/mol. The summed E-state index contributed by atoms with van der Waals surface area (Å²) < 4.78 is 1.26. The van der Waals surface area contributed by atoms with Crippen LogP contribution in [0.1, 0.15) is 16.7 Å². The number of halogens is 1. The van der Waals surface area contributed by atoms with E-state index in [1.165, 1.54) is 42.2 Å². The van der Waals surface area contributed by atoms with Crippen LogP contribution >= 0.6 is 22.6 Å². The van der Waals surface area contributed by atoms with Crippen molar-refractivity contribution in [1.82, 2.24) is 0 Å². The first kappa shape index (κ1) is 17.0.